The number of hydrogen-bond donors (Lipinski definition) is 2. The molecule has 1 aliphatic rings. The Labute approximate surface area is 116 Å². The average Bonchev–Trinajstić information content (AvgIpc) is 2.42. The van der Waals surface area contributed by atoms with Gasteiger partial charge in [-0.3, -0.25) is 0 Å². The van der Waals surface area contributed by atoms with Crippen LogP contribution in [0.25, 0.3) is 0 Å². The molecule has 19 heavy (non-hydrogen) atoms. The molecule has 0 bridgehead atoms. The second-order valence-corrected chi connectivity index (χ2v) is 6.14. The van der Waals surface area contributed by atoms with E-state index < -0.39 is 17.7 Å². The lowest BCUT2D eigenvalue weighted by Gasteiger charge is -2.29. The number of thioether (sulfide) groups is 1. The summed E-state index contributed by atoms with van der Waals surface area (Å²) in [7, 11) is 0. The van der Waals surface area contributed by atoms with Crippen LogP contribution in [-0.4, -0.2) is 28.7 Å². The molecule has 1 fully saturated rings. The van der Waals surface area contributed by atoms with Gasteiger partial charge in [0, 0.05) is 17.8 Å². The van der Waals surface area contributed by atoms with Crippen molar-refractivity contribution >= 4 is 11.8 Å². The Balaban J connectivity index is 1.97. The first-order chi connectivity index (χ1) is 9.08. The Morgan fingerprint density at radius 3 is 2.79 bits per heavy atom. The number of hydrogen-bond acceptors (Lipinski definition) is 3. The molecule has 2 nitrogen and oxygen atoms in total. The van der Waals surface area contributed by atoms with Gasteiger partial charge in [-0.15, -0.1) is 0 Å². The number of benzene rings is 1. The maximum atomic E-state index is 13.2. The first-order valence-electron chi connectivity index (χ1n) is 6.54. The zero-order valence-electron chi connectivity index (χ0n) is 10.9. The van der Waals surface area contributed by atoms with E-state index in [4.69, 9.17) is 0 Å². The van der Waals surface area contributed by atoms with E-state index in [1.807, 2.05) is 18.7 Å². The summed E-state index contributed by atoms with van der Waals surface area (Å²) in [6.45, 7) is 1.87. The zero-order valence-corrected chi connectivity index (χ0v) is 11.7. The smallest absolute Gasteiger partial charge is 0.159 e. The molecule has 0 amide bonds. The zero-order chi connectivity index (χ0) is 13.8. The van der Waals surface area contributed by atoms with Crippen molar-refractivity contribution in [1.82, 2.24) is 5.32 Å². The third kappa shape index (κ3) is 3.91. The third-order valence-electron chi connectivity index (χ3n) is 3.42. The van der Waals surface area contributed by atoms with Crippen molar-refractivity contribution < 1.29 is 13.9 Å². The van der Waals surface area contributed by atoms with E-state index in [-0.39, 0.29) is 6.04 Å². The van der Waals surface area contributed by atoms with Crippen LogP contribution in [0, 0.1) is 11.6 Å². The predicted octanol–water partition coefficient (Wildman–Crippen LogP) is 2.87. The van der Waals surface area contributed by atoms with Crippen molar-refractivity contribution in [3.8, 4) is 0 Å². The monoisotopic (exact) mass is 287 g/mol. The molecule has 0 radical (unpaired) electrons. The summed E-state index contributed by atoms with van der Waals surface area (Å²) < 4.78 is 26.0. The summed E-state index contributed by atoms with van der Waals surface area (Å²) in [6.07, 6.45) is 1.44. The van der Waals surface area contributed by atoms with Gasteiger partial charge >= 0.3 is 0 Å². The molecule has 1 saturated heterocycles. The van der Waals surface area contributed by atoms with E-state index in [1.165, 1.54) is 18.2 Å². The molecule has 0 aliphatic carbocycles. The van der Waals surface area contributed by atoms with Crippen LogP contribution in [0.3, 0.4) is 0 Å². The Morgan fingerprint density at radius 2 is 2.16 bits per heavy atom. The van der Waals surface area contributed by atoms with E-state index in [0.717, 1.165) is 24.3 Å². The van der Waals surface area contributed by atoms with Crippen molar-refractivity contribution in [2.45, 2.75) is 38.0 Å². The maximum absolute atomic E-state index is 13.2. The average molecular weight is 287 g/mol. The SMILES string of the molecule is C[C@H](N[C@H]1CCCSC1)[C@@H](O)c1ccc(F)c(F)c1. The fourth-order valence-corrected chi connectivity index (χ4v) is 3.40. The normalized spacial score (nSPS) is 23.1. The quantitative estimate of drug-likeness (QED) is 0.893. The molecule has 1 aliphatic heterocycles. The molecule has 2 N–H and O–H groups in total. The second kappa shape index (κ2) is 6.68. The standard InChI is InChI=1S/C14H19F2NOS/c1-9(17-11-3-2-6-19-8-11)14(18)10-4-5-12(15)13(16)7-10/h4-5,7,9,11,14,17-18H,2-3,6,8H2,1H3/t9-,11-,14+/m0/s1. The molecule has 1 heterocycles. The lowest BCUT2D eigenvalue weighted by atomic mass is 10.0. The van der Waals surface area contributed by atoms with E-state index >= 15 is 0 Å². The van der Waals surface area contributed by atoms with E-state index in [1.54, 1.807) is 0 Å². The van der Waals surface area contributed by atoms with Crippen LogP contribution < -0.4 is 5.32 Å². The van der Waals surface area contributed by atoms with Crippen LogP contribution in [0.5, 0.6) is 0 Å². The van der Waals surface area contributed by atoms with Gasteiger partial charge in [0.1, 0.15) is 0 Å². The van der Waals surface area contributed by atoms with Gasteiger partial charge < -0.3 is 10.4 Å². The molecule has 2 rings (SSSR count). The summed E-state index contributed by atoms with van der Waals surface area (Å²) >= 11 is 1.90. The summed E-state index contributed by atoms with van der Waals surface area (Å²) in [5, 5.41) is 13.5. The Kier molecular flexibility index (Phi) is 5.19. The van der Waals surface area contributed by atoms with Crippen molar-refractivity contribution in [3.63, 3.8) is 0 Å². The van der Waals surface area contributed by atoms with Crippen LogP contribution in [0.1, 0.15) is 31.4 Å². The van der Waals surface area contributed by atoms with Crippen LogP contribution in [0.15, 0.2) is 18.2 Å². The first-order valence-corrected chi connectivity index (χ1v) is 7.70. The highest BCUT2D eigenvalue weighted by molar-refractivity contribution is 7.99. The largest absolute Gasteiger partial charge is 0.387 e. The third-order valence-corrected chi connectivity index (χ3v) is 4.63. The van der Waals surface area contributed by atoms with Crippen LogP contribution >= 0.6 is 11.8 Å². The van der Waals surface area contributed by atoms with Crippen LogP contribution in [0.2, 0.25) is 0 Å². The number of halogens is 2. The molecule has 1 aromatic rings. The highest BCUT2D eigenvalue weighted by Gasteiger charge is 2.22. The number of aliphatic hydroxyl groups is 1. The first kappa shape index (κ1) is 14.8. The van der Waals surface area contributed by atoms with Gasteiger partial charge in [0.05, 0.1) is 6.10 Å². The van der Waals surface area contributed by atoms with Gasteiger partial charge in [-0.05, 0) is 43.2 Å². The minimum atomic E-state index is -0.919. The predicted molar refractivity (Wildman–Crippen MR) is 74.3 cm³/mol. The Hall–Kier alpha value is -0.650. The summed E-state index contributed by atoms with van der Waals surface area (Å²) in [5.74, 6) is 0.421. The van der Waals surface area contributed by atoms with Gasteiger partial charge in [-0.25, -0.2) is 8.78 Å². The molecule has 0 aromatic heterocycles. The fraction of sp³-hybridized carbons (Fsp3) is 0.571. The molecule has 0 unspecified atom stereocenters. The Morgan fingerprint density at radius 1 is 1.37 bits per heavy atom. The van der Waals surface area contributed by atoms with E-state index in [2.05, 4.69) is 5.32 Å². The van der Waals surface area contributed by atoms with Crippen molar-refractivity contribution in [3.05, 3.63) is 35.4 Å². The number of rotatable bonds is 4. The van der Waals surface area contributed by atoms with Crippen molar-refractivity contribution in [2.24, 2.45) is 0 Å². The summed E-state index contributed by atoms with van der Waals surface area (Å²) in [5.41, 5.74) is 0.405. The number of aliphatic hydroxyl groups excluding tert-OH is 1. The van der Waals surface area contributed by atoms with Gasteiger partial charge in [0.2, 0.25) is 0 Å². The van der Waals surface area contributed by atoms with Gasteiger partial charge in [-0.1, -0.05) is 6.07 Å². The van der Waals surface area contributed by atoms with Crippen LogP contribution in [0.4, 0.5) is 8.78 Å². The number of nitrogens with one attached hydrogen (secondary N) is 1. The fourth-order valence-electron chi connectivity index (χ4n) is 2.32. The van der Waals surface area contributed by atoms with E-state index in [0.29, 0.717) is 11.6 Å². The van der Waals surface area contributed by atoms with Crippen molar-refractivity contribution in [2.75, 3.05) is 11.5 Å². The summed E-state index contributed by atoms with van der Waals surface area (Å²) in [4.78, 5) is 0. The summed E-state index contributed by atoms with van der Waals surface area (Å²) in [6, 6.07) is 3.74. The van der Waals surface area contributed by atoms with Gasteiger partial charge in [0.15, 0.2) is 11.6 Å². The Bertz CT molecular complexity index is 424. The highest BCUT2D eigenvalue weighted by atomic mass is 32.2. The van der Waals surface area contributed by atoms with Crippen molar-refractivity contribution in [1.29, 1.82) is 0 Å². The molecule has 3 atom stereocenters. The molecular formula is C14H19F2NOS. The van der Waals surface area contributed by atoms with Crippen LogP contribution in [-0.2, 0) is 0 Å². The highest BCUT2D eigenvalue weighted by Crippen LogP contribution is 2.22. The lowest BCUT2D eigenvalue weighted by Crippen LogP contribution is -2.42. The molecule has 1 aromatic carbocycles. The minimum Gasteiger partial charge on any atom is -0.387 e. The van der Waals surface area contributed by atoms with Gasteiger partial charge in [0.25, 0.3) is 0 Å². The molecule has 106 valence electrons. The molecule has 5 heteroatoms. The van der Waals surface area contributed by atoms with E-state index in [9.17, 15) is 13.9 Å². The molecule has 0 spiro atoms. The maximum Gasteiger partial charge on any atom is 0.159 e. The molecule has 0 saturated carbocycles. The lowest BCUT2D eigenvalue weighted by molar-refractivity contribution is 0.129. The second-order valence-electron chi connectivity index (χ2n) is 4.99. The topological polar surface area (TPSA) is 32.3 Å². The van der Waals surface area contributed by atoms with Gasteiger partial charge in [-0.2, -0.15) is 11.8 Å². The molecular weight excluding hydrogens is 268 g/mol. The minimum absolute atomic E-state index is 0.187.